The van der Waals surface area contributed by atoms with E-state index in [0.717, 1.165) is 24.4 Å². The minimum absolute atomic E-state index is 0.136. The van der Waals surface area contributed by atoms with Gasteiger partial charge in [0.1, 0.15) is 11.5 Å². The van der Waals surface area contributed by atoms with Crippen molar-refractivity contribution in [2.75, 3.05) is 6.54 Å². The molecule has 0 radical (unpaired) electrons. The monoisotopic (exact) mass is 299 g/mol. The van der Waals surface area contributed by atoms with Gasteiger partial charge in [-0.2, -0.15) is 0 Å². The molecule has 0 aliphatic heterocycles. The van der Waals surface area contributed by atoms with Gasteiger partial charge in [0.15, 0.2) is 11.6 Å². The Labute approximate surface area is 118 Å². The molecule has 0 aliphatic carbocycles. The van der Waals surface area contributed by atoms with E-state index in [1.165, 1.54) is 6.07 Å². The SMILES string of the molecule is CCNCc1ccc(CS(=O)c2ccc(F)c(F)c2)o1. The molecule has 1 aromatic heterocycles. The summed E-state index contributed by atoms with van der Waals surface area (Å²) >= 11 is 0. The molecule has 2 aromatic rings. The van der Waals surface area contributed by atoms with E-state index in [1.807, 2.05) is 6.92 Å². The number of hydrogen-bond acceptors (Lipinski definition) is 3. The van der Waals surface area contributed by atoms with Crippen molar-refractivity contribution in [2.24, 2.45) is 0 Å². The lowest BCUT2D eigenvalue weighted by atomic mass is 10.3. The van der Waals surface area contributed by atoms with Crippen LogP contribution in [0.5, 0.6) is 0 Å². The smallest absolute Gasteiger partial charge is 0.160 e. The van der Waals surface area contributed by atoms with Gasteiger partial charge in [-0.3, -0.25) is 4.21 Å². The molecule has 6 heteroatoms. The number of nitrogens with one attached hydrogen (secondary N) is 1. The highest BCUT2D eigenvalue weighted by atomic mass is 32.2. The van der Waals surface area contributed by atoms with E-state index in [2.05, 4.69) is 5.32 Å². The molecule has 1 atom stereocenters. The molecule has 2 rings (SSSR count). The Morgan fingerprint density at radius 3 is 2.60 bits per heavy atom. The maximum absolute atomic E-state index is 13.1. The summed E-state index contributed by atoms with van der Waals surface area (Å²) < 4.78 is 43.4. The molecule has 0 saturated carbocycles. The lowest BCUT2D eigenvalue weighted by Crippen LogP contribution is -2.10. The third-order valence-corrected chi connectivity index (χ3v) is 4.02. The molecular weight excluding hydrogens is 284 g/mol. The number of hydrogen-bond donors (Lipinski definition) is 1. The molecule has 0 saturated heterocycles. The van der Waals surface area contributed by atoms with Gasteiger partial charge in [0.05, 0.1) is 23.1 Å². The Kier molecular flexibility index (Phi) is 5.03. The van der Waals surface area contributed by atoms with Crippen LogP contribution in [0.1, 0.15) is 18.4 Å². The summed E-state index contributed by atoms with van der Waals surface area (Å²) in [6.07, 6.45) is 0. The topological polar surface area (TPSA) is 42.2 Å². The molecule has 20 heavy (non-hydrogen) atoms. The third-order valence-electron chi connectivity index (χ3n) is 2.69. The van der Waals surface area contributed by atoms with Crippen molar-refractivity contribution in [1.29, 1.82) is 0 Å². The normalized spacial score (nSPS) is 12.6. The number of benzene rings is 1. The lowest BCUT2D eigenvalue weighted by molar-refractivity contribution is 0.461. The third kappa shape index (κ3) is 3.74. The Morgan fingerprint density at radius 2 is 1.90 bits per heavy atom. The molecule has 1 aromatic carbocycles. The lowest BCUT2D eigenvalue weighted by Gasteiger charge is -2.01. The first kappa shape index (κ1) is 14.9. The molecule has 0 bridgehead atoms. The molecule has 108 valence electrons. The van der Waals surface area contributed by atoms with Crippen LogP contribution in [-0.2, 0) is 23.1 Å². The summed E-state index contributed by atoms with van der Waals surface area (Å²) in [4.78, 5) is 0.244. The van der Waals surface area contributed by atoms with Crippen LogP contribution < -0.4 is 5.32 Å². The molecule has 0 spiro atoms. The van der Waals surface area contributed by atoms with Crippen LogP contribution in [0.25, 0.3) is 0 Å². The predicted molar refractivity (Wildman–Crippen MR) is 72.6 cm³/mol. The van der Waals surface area contributed by atoms with Gasteiger partial charge in [0.25, 0.3) is 0 Å². The van der Waals surface area contributed by atoms with Gasteiger partial charge in [0, 0.05) is 4.90 Å². The van der Waals surface area contributed by atoms with E-state index < -0.39 is 22.4 Å². The number of rotatable bonds is 6. The zero-order valence-electron chi connectivity index (χ0n) is 11.0. The first-order chi connectivity index (χ1) is 9.60. The second kappa shape index (κ2) is 6.76. The van der Waals surface area contributed by atoms with Crippen molar-refractivity contribution in [3.63, 3.8) is 0 Å². The summed E-state index contributed by atoms with van der Waals surface area (Å²) in [5, 5.41) is 3.12. The van der Waals surface area contributed by atoms with Crippen molar-refractivity contribution in [3.05, 3.63) is 53.5 Å². The fourth-order valence-corrected chi connectivity index (χ4v) is 2.71. The molecule has 1 heterocycles. The summed E-state index contributed by atoms with van der Waals surface area (Å²) in [6.45, 7) is 3.42. The highest BCUT2D eigenvalue weighted by Gasteiger charge is 2.11. The summed E-state index contributed by atoms with van der Waals surface area (Å²) in [6, 6.07) is 6.79. The van der Waals surface area contributed by atoms with E-state index in [-0.39, 0.29) is 10.6 Å². The Balaban J connectivity index is 2.03. The Morgan fingerprint density at radius 1 is 1.15 bits per heavy atom. The summed E-state index contributed by atoms with van der Waals surface area (Å²) in [7, 11) is -1.47. The second-order valence-corrected chi connectivity index (χ2v) is 5.67. The fraction of sp³-hybridized carbons (Fsp3) is 0.286. The molecule has 1 unspecified atom stereocenters. The highest BCUT2D eigenvalue weighted by molar-refractivity contribution is 7.84. The van der Waals surface area contributed by atoms with Crippen LogP contribution in [-0.4, -0.2) is 10.8 Å². The zero-order valence-corrected chi connectivity index (χ0v) is 11.8. The van der Waals surface area contributed by atoms with Crippen LogP contribution in [0, 0.1) is 11.6 Å². The van der Waals surface area contributed by atoms with Gasteiger partial charge in [0.2, 0.25) is 0 Å². The molecule has 3 nitrogen and oxygen atoms in total. The maximum atomic E-state index is 13.1. The first-order valence-corrected chi connectivity index (χ1v) is 7.53. The van der Waals surface area contributed by atoms with Gasteiger partial charge in [-0.15, -0.1) is 0 Å². The molecular formula is C14H15F2NO2S. The van der Waals surface area contributed by atoms with Crippen molar-refractivity contribution >= 4 is 10.8 Å². The summed E-state index contributed by atoms with van der Waals surface area (Å²) in [5.74, 6) is -0.498. The molecule has 1 N–H and O–H groups in total. The van der Waals surface area contributed by atoms with E-state index in [4.69, 9.17) is 4.42 Å². The summed E-state index contributed by atoms with van der Waals surface area (Å²) in [5.41, 5.74) is 0. The second-order valence-electron chi connectivity index (χ2n) is 4.21. The van der Waals surface area contributed by atoms with Crippen molar-refractivity contribution in [3.8, 4) is 0 Å². The minimum atomic E-state index is -1.47. The van der Waals surface area contributed by atoms with Crippen molar-refractivity contribution in [2.45, 2.75) is 24.1 Å². The standard InChI is InChI=1S/C14H15F2NO2S/c1-2-17-8-10-3-4-11(19-10)9-20(18)12-5-6-13(15)14(16)7-12/h3-7,17H,2,8-9H2,1H3. The van der Waals surface area contributed by atoms with E-state index >= 15 is 0 Å². The highest BCUT2D eigenvalue weighted by Crippen LogP contribution is 2.17. The number of halogens is 2. The van der Waals surface area contributed by atoms with E-state index in [1.54, 1.807) is 12.1 Å². The van der Waals surface area contributed by atoms with E-state index in [9.17, 15) is 13.0 Å². The van der Waals surface area contributed by atoms with Gasteiger partial charge in [-0.1, -0.05) is 6.92 Å². The first-order valence-electron chi connectivity index (χ1n) is 6.22. The van der Waals surface area contributed by atoms with Crippen LogP contribution in [0.4, 0.5) is 8.78 Å². The van der Waals surface area contributed by atoms with Gasteiger partial charge in [-0.25, -0.2) is 8.78 Å². The fourth-order valence-electron chi connectivity index (χ4n) is 1.67. The van der Waals surface area contributed by atoms with Crippen LogP contribution in [0.15, 0.2) is 39.6 Å². The average molecular weight is 299 g/mol. The van der Waals surface area contributed by atoms with Gasteiger partial charge in [-0.05, 0) is 36.9 Å². The largest absolute Gasteiger partial charge is 0.464 e. The van der Waals surface area contributed by atoms with E-state index in [0.29, 0.717) is 12.3 Å². The number of furan rings is 1. The zero-order chi connectivity index (χ0) is 14.5. The van der Waals surface area contributed by atoms with Crippen molar-refractivity contribution in [1.82, 2.24) is 5.32 Å². The van der Waals surface area contributed by atoms with Crippen LogP contribution in [0.3, 0.4) is 0 Å². The molecule has 0 amide bonds. The molecule has 0 aliphatic rings. The average Bonchev–Trinajstić information content (AvgIpc) is 2.87. The van der Waals surface area contributed by atoms with Crippen molar-refractivity contribution < 1.29 is 17.4 Å². The molecule has 0 fully saturated rings. The predicted octanol–water partition coefficient (Wildman–Crippen LogP) is 2.98. The van der Waals surface area contributed by atoms with Gasteiger partial charge >= 0.3 is 0 Å². The van der Waals surface area contributed by atoms with Crippen LogP contribution in [0.2, 0.25) is 0 Å². The maximum Gasteiger partial charge on any atom is 0.160 e. The Hall–Kier alpha value is -1.53. The van der Waals surface area contributed by atoms with Crippen LogP contribution >= 0.6 is 0 Å². The van der Waals surface area contributed by atoms with Gasteiger partial charge < -0.3 is 9.73 Å². The Bertz CT molecular complexity index is 613. The quantitative estimate of drug-likeness (QED) is 0.891. The minimum Gasteiger partial charge on any atom is -0.464 e.